The lowest BCUT2D eigenvalue weighted by Gasteiger charge is -2.19. The van der Waals surface area contributed by atoms with Gasteiger partial charge in [0.1, 0.15) is 0 Å². The molecule has 2 atom stereocenters. The molecule has 3 nitrogen and oxygen atoms in total. The van der Waals surface area contributed by atoms with Gasteiger partial charge in [-0.3, -0.25) is 9.59 Å². The molecule has 0 radical (unpaired) electrons. The number of nitrogens with one attached hydrogen (secondary N) is 1. The second-order valence-electron chi connectivity index (χ2n) is 5.05. The van der Waals surface area contributed by atoms with Gasteiger partial charge in [-0.25, -0.2) is 0 Å². The molecule has 1 heterocycles. The van der Waals surface area contributed by atoms with Gasteiger partial charge >= 0.3 is 0 Å². The number of amides is 1. The number of allylic oxidation sites excluding steroid dienone is 3. The van der Waals surface area contributed by atoms with Crippen LogP contribution >= 0.6 is 0 Å². The molecule has 1 amide bonds. The Kier molecular flexibility index (Phi) is 2.03. The molecular formula is C13H15NO2. The van der Waals surface area contributed by atoms with Crippen LogP contribution in [-0.2, 0) is 9.59 Å². The Bertz CT molecular complexity index is 429. The van der Waals surface area contributed by atoms with E-state index in [2.05, 4.69) is 5.32 Å². The van der Waals surface area contributed by atoms with Gasteiger partial charge in [0.25, 0.3) is 0 Å². The molecule has 2 unspecified atom stereocenters. The molecule has 84 valence electrons. The summed E-state index contributed by atoms with van der Waals surface area (Å²) in [5.41, 5.74) is 1.91. The summed E-state index contributed by atoms with van der Waals surface area (Å²) < 4.78 is 0. The van der Waals surface area contributed by atoms with E-state index in [0.29, 0.717) is 5.92 Å². The predicted octanol–water partition coefficient (Wildman–Crippen LogP) is 1.56. The normalized spacial score (nSPS) is 33.1. The maximum absolute atomic E-state index is 11.8. The van der Waals surface area contributed by atoms with Gasteiger partial charge in [-0.15, -0.1) is 0 Å². The lowest BCUT2D eigenvalue weighted by atomic mass is 9.85. The van der Waals surface area contributed by atoms with E-state index < -0.39 is 0 Å². The van der Waals surface area contributed by atoms with E-state index in [1.807, 2.05) is 13.0 Å². The third-order valence-corrected chi connectivity index (χ3v) is 3.81. The molecule has 0 bridgehead atoms. The topological polar surface area (TPSA) is 46.2 Å². The quantitative estimate of drug-likeness (QED) is 0.763. The second kappa shape index (κ2) is 3.30. The van der Waals surface area contributed by atoms with Gasteiger partial charge < -0.3 is 5.32 Å². The van der Waals surface area contributed by atoms with Crippen LogP contribution < -0.4 is 5.32 Å². The van der Waals surface area contributed by atoms with Gasteiger partial charge in [0.05, 0.1) is 11.8 Å². The molecule has 1 N–H and O–H groups in total. The first-order valence-corrected chi connectivity index (χ1v) is 5.93. The molecule has 0 spiro atoms. The van der Waals surface area contributed by atoms with Gasteiger partial charge in [0, 0.05) is 5.70 Å². The van der Waals surface area contributed by atoms with Crippen LogP contribution in [0.25, 0.3) is 0 Å². The molecule has 2 aliphatic carbocycles. The Hall–Kier alpha value is -1.38. The molecule has 3 aliphatic rings. The smallest absolute Gasteiger partial charge is 0.231 e. The monoisotopic (exact) mass is 217 g/mol. The van der Waals surface area contributed by atoms with E-state index in [1.54, 1.807) is 6.08 Å². The molecule has 1 saturated carbocycles. The van der Waals surface area contributed by atoms with Gasteiger partial charge in [-0.1, -0.05) is 18.9 Å². The predicted molar refractivity (Wildman–Crippen MR) is 59.3 cm³/mol. The molecule has 0 aromatic rings. The minimum absolute atomic E-state index is 0.0325. The van der Waals surface area contributed by atoms with Gasteiger partial charge in [-0.05, 0) is 30.9 Å². The fourth-order valence-corrected chi connectivity index (χ4v) is 2.56. The number of carbonyl (C=O) groups excluding carboxylic acids is 2. The summed E-state index contributed by atoms with van der Waals surface area (Å²) in [6.07, 6.45) is 6.83. The second-order valence-corrected chi connectivity index (χ2v) is 5.05. The molecule has 3 rings (SSSR count). The van der Waals surface area contributed by atoms with E-state index >= 15 is 0 Å². The van der Waals surface area contributed by atoms with E-state index in [-0.39, 0.29) is 23.5 Å². The summed E-state index contributed by atoms with van der Waals surface area (Å²) in [5.74, 6) is 0.703. The molecule has 1 fully saturated rings. The Labute approximate surface area is 94.6 Å². The first-order valence-electron chi connectivity index (χ1n) is 5.93. The molecule has 16 heavy (non-hydrogen) atoms. The van der Waals surface area contributed by atoms with E-state index in [4.69, 9.17) is 0 Å². The van der Waals surface area contributed by atoms with Crippen LogP contribution in [-0.4, -0.2) is 11.7 Å². The van der Waals surface area contributed by atoms with Crippen molar-refractivity contribution in [3.05, 3.63) is 23.4 Å². The number of carbonyl (C=O) groups is 2. The lowest BCUT2D eigenvalue weighted by molar-refractivity contribution is -0.121. The van der Waals surface area contributed by atoms with E-state index in [1.165, 1.54) is 12.8 Å². The van der Waals surface area contributed by atoms with Crippen LogP contribution in [0.4, 0.5) is 0 Å². The number of hydrogen-bond donors (Lipinski definition) is 1. The van der Waals surface area contributed by atoms with Crippen molar-refractivity contribution in [2.75, 3.05) is 0 Å². The Morgan fingerprint density at radius 1 is 1.31 bits per heavy atom. The maximum Gasteiger partial charge on any atom is 0.231 e. The standard InChI is InChI=1S/C13H15NO2/c1-7-9-4-5-11(15)10(6-8-2-3-8)12(9)14-13(7)16/h4-5,7-8,10H,2-3,6H2,1H3,(H,14,16). The van der Waals surface area contributed by atoms with Crippen molar-refractivity contribution >= 4 is 11.7 Å². The van der Waals surface area contributed by atoms with Crippen molar-refractivity contribution in [3.8, 4) is 0 Å². The summed E-state index contributed by atoms with van der Waals surface area (Å²) >= 11 is 0. The van der Waals surface area contributed by atoms with Crippen LogP contribution in [0.3, 0.4) is 0 Å². The van der Waals surface area contributed by atoms with E-state index in [0.717, 1.165) is 17.7 Å². The highest BCUT2D eigenvalue weighted by Crippen LogP contribution is 2.41. The highest BCUT2D eigenvalue weighted by Gasteiger charge is 2.39. The minimum Gasteiger partial charge on any atom is -0.328 e. The molecule has 0 aromatic heterocycles. The first kappa shape index (κ1) is 9.82. The van der Waals surface area contributed by atoms with E-state index in [9.17, 15) is 9.59 Å². The van der Waals surface area contributed by atoms with Crippen LogP contribution in [0.2, 0.25) is 0 Å². The summed E-state index contributed by atoms with van der Waals surface area (Å²) in [4.78, 5) is 23.4. The van der Waals surface area contributed by atoms with Crippen molar-refractivity contribution < 1.29 is 9.59 Å². The molecular weight excluding hydrogens is 202 g/mol. The fourth-order valence-electron chi connectivity index (χ4n) is 2.56. The SMILES string of the molecule is CC1C(=O)NC2=C1C=CC(=O)C2CC1CC1. The number of rotatable bonds is 2. The first-order chi connectivity index (χ1) is 7.66. The zero-order valence-corrected chi connectivity index (χ0v) is 9.32. The molecule has 0 aromatic carbocycles. The Morgan fingerprint density at radius 3 is 2.75 bits per heavy atom. The van der Waals surface area contributed by atoms with Gasteiger partial charge in [0.2, 0.25) is 5.91 Å². The number of ketones is 1. The molecule has 3 heteroatoms. The summed E-state index contributed by atoms with van der Waals surface area (Å²) in [5, 5.41) is 2.89. The van der Waals surface area contributed by atoms with Crippen molar-refractivity contribution in [2.45, 2.75) is 26.2 Å². The molecule has 0 saturated heterocycles. The van der Waals surface area contributed by atoms with Crippen LogP contribution in [0, 0.1) is 17.8 Å². The summed E-state index contributed by atoms with van der Waals surface area (Å²) in [7, 11) is 0. The summed E-state index contributed by atoms with van der Waals surface area (Å²) in [6, 6.07) is 0. The minimum atomic E-state index is -0.0962. The molecule has 1 aliphatic heterocycles. The average molecular weight is 217 g/mol. The zero-order chi connectivity index (χ0) is 11.3. The Balaban J connectivity index is 1.91. The highest BCUT2D eigenvalue weighted by atomic mass is 16.2. The van der Waals surface area contributed by atoms with Crippen molar-refractivity contribution in [1.29, 1.82) is 0 Å². The number of hydrogen-bond acceptors (Lipinski definition) is 2. The van der Waals surface area contributed by atoms with Crippen molar-refractivity contribution in [2.24, 2.45) is 17.8 Å². The third-order valence-electron chi connectivity index (χ3n) is 3.81. The van der Waals surface area contributed by atoms with Gasteiger partial charge in [-0.2, -0.15) is 0 Å². The van der Waals surface area contributed by atoms with Crippen LogP contribution in [0.5, 0.6) is 0 Å². The average Bonchev–Trinajstić information content (AvgIpc) is 3.01. The maximum atomic E-state index is 11.8. The third kappa shape index (κ3) is 1.42. The lowest BCUT2D eigenvalue weighted by Crippen LogP contribution is -2.27. The zero-order valence-electron chi connectivity index (χ0n) is 9.32. The highest BCUT2D eigenvalue weighted by molar-refractivity contribution is 6.00. The van der Waals surface area contributed by atoms with Crippen LogP contribution in [0.15, 0.2) is 23.4 Å². The van der Waals surface area contributed by atoms with Crippen molar-refractivity contribution in [1.82, 2.24) is 5.32 Å². The Morgan fingerprint density at radius 2 is 2.06 bits per heavy atom. The summed E-state index contributed by atoms with van der Waals surface area (Å²) in [6.45, 7) is 1.89. The van der Waals surface area contributed by atoms with Gasteiger partial charge in [0.15, 0.2) is 5.78 Å². The largest absolute Gasteiger partial charge is 0.328 e. The fraction of sp³-hybridized carbons (Fsp3) is 0.538. The van der Waals surface area contributed by atoms with Crippen molar-refractivity contribution in [3.63, 3.8) is 0 Å². The van der Waals surface area contributed by atoms with Crippen LogP contribution in [0.1, 0.15) is 26.2 Å².